The van der Waals surface area contributed by atoms with E-state index in [4.69, 9.17) is 4.42 Å². The summed E-state index contributed by atoms with van der Waals surface area (Å²) in [4.78, 5) is 21.5. The van der Waals surface area contributed by atoms with Gasteiger partial charge in [0.25, 0.3) is 0 Å². The number of amides is 1. The molecule has 1 aromatic heterocycles. The molecule has 1 aromatic rings. The van der Waals surface area contributed by atoms with Crippen LogP contribution in [-0.4, -0.2) is 21.9 Å². The highest BCUT2D eigenvalue weighted by Gasteiger charge is 2.09. The Morgan fingerprint density at radius 1 is 1.46 bits per heavy atom. The summed E-state index contributed by atoms with van der Waals surface area (Å²) in [5.74, 6) is -0.303. The Morgan fingerprint density at radius 2 is 2.15 bits per heavy atom. The molecule has 13 heavy (non-hydrogen) atoms. The van der Waals surface area contributed by atoms with Crippen molar-refractivity contribution in [3.05, 3.63) is 5.89 Å². The predicted octanol–water partition coefficient (Wildman–Crippen LogP) is 0.296. The standard InChI is InChI=1S/C7H9N3O3/c1-4(11)3-6(12)8-7-10-9-5(2)13-7/h3H2,1-2H3,(H,8,10,12). The summed E-state index contributed by atoms with van der Waals surface area (Å²) < 4.78 is 4.87. The van der Waals surface area contributed by atoms with Crippen LogP contribution in [0.2, 0.25) is 0 Å². The Hall–Kier alpha value is -1.72. The maximum Gasteiger partial charge on any atom is 0.322 e. The SMILES string of the molecule is CC(=O)CC(=O)Nc1nnc(C)o1. The van der Waals surface area contributed by atoms with Crippen molar-refractivity contribution < 1.29 is 14.0 Å². The number of carbonyl (C=O) groups excluding carboxylic acids is 2. The van der Waals surface area contributed by atoms with Crippen molar-refractivity contribution in [1.82, 2.24) is 10.2 Å². The molecule has 0 radical (unpaired) electrons. The Balaban J connectivity index is 2.50. The second-order valence-corrected chi connectivity index (χ2v) is 2.55. The third-order valence-corrected chi connectivity index (χ3v) is 1.18. The number of rotatable bonds is 3. The van der Waals surface area contributed by atoms with Gasteiger partial charge in [-0.25, -0.2) is 0 Å². The first-order valence-electron chi connectivity index (χ1n) is 3.67. The number of nitrogens with one attached hydrogen (secondary N) is 1. The molecule has 1 heterocycles. The van der Waals surface area contributed by atoms with Gasteiger partial charge in [-0.15, -0.1) is 5.10 Å². The van der Waals surface area contributed by atoms with Crippen molar-refractivity contribution in [1.29, 1.82) is 0 Å². The highest BCUT2D eigenvalue weighted by Crippen LogP contribution is 2.03. The molecule has 0 aliphatic rings. The molecule has 1 N–H and O–H groups in total. The molecule has 6 nitrogen and oxygen atoms in total. The maximum atomic E-state index is 11.0. The van der Waals surface area contributed by atoms with Crippen molar-refractivity contribution in [2.75, 3.05) is 5.32 Å². The summed E-state index contributed by atoms with van der Waals surface area (Å²) in [5.41, 5.74) is 0. The monoisotopic (exact) mass is 183 g/mol. The van der Waals surface area contributed by atoms with Crippen LogP contribution in [0.25, 0.3) is 0 Å². The lowest BCUT2D eigenvalue weighted by Gasteiger charge is -1.95. The molecule has 0 unspecified atom stereocenters. The number of hydrogen-bond donors (Lipinski definition) is 1. The smallest absolute Gasteiger partial charge is 0.322 e. The zero-order valence-corrected chi connectivity index (χ0v) is 7.33. The highest BCUT2D eigenvalue weighted by molar-refractivity contribution is 6.02. The molecule has 0 aliphatic heterocycles. The molecule has 1 amide bonds. The summed E-state index contributed by atoms with van der Waals surface area (Å²) in [7, 11) is 0. The van der Waals surface area contributed by atoms with Crippen LogP contribution in [0.1, 0.15) is 19.2 Å². The number of hydrogen-bond acceptors (Lipinski definition) is 5. The number of aryl methyl sites for hydroxylation is 1. The van der Waals surface area contributed by atoms with Gasteiger partial charge >= 0.3 is 6.01 Å². The average Bonchev–Trinajstić information content (AvgIpc) is 2.33. The van der Waals surface area contributed by atoms with E-state index in [0.717, 1.165) is 0 Å². The van der Waals surface area contributed by atoms with Gasteiger partial charge in [0, 0.05) is 6.92 Å². The summed E-state index contributed by atoms with van der Waals surface area (Å²) in [6.45, 7) is 2.94. The lowest BCUT2D eigenvalue weighted by molar-refractivity contribution is -0.124. The van der Waals surface area contributed by atoms with Crippen LogP contribution in [0.4, 0.5) is 6.01 Å². The van der Waals surface area contributed by atoms with Gasteiger partial charge < -0.3 is 4.42 Å². The van der Waals surface area contributed by atoms with E-state index in [2.05, 4.69) is 15.5 Å². The zero-order chi connectivity index (χ0) is 9.84. The Morgan fingerprint density at radius 3 is 2.62 bits per heavy atom. The summed E-state index contributed by atoms with van der Waals surface area (Å²) in [5, 5.41) is 9.33. The van der Waals surface area contributed by atoms with E-state index < -0.39 is 5.91 Å². The maximum absolute atomic E-state index is 11.0. The molecular formula is C7H9N3O3. The molecule has 6 heteroatoms. The van der Waals surface area contributed by atoms with Gasteiger partial charge in [0.15, 0.2) is 0 Å². The van der Waals surface area contributed by atoms with Gasteiger partial charge in [0.1, 0.15) is 5.78 Å². The molecule has 0 saturated heterocycles. The molecule has 0 atom stereocenters. The van der Waals surface area contributed by atoms with Gasteiger partial charge in [-0.05, 0) is 6.92 Å². The van der Waals surface area contributed by atoms with E-state index in [-0.39, 0.29) is 18.2 Å². The quantitative estimate of drug-likeness (QED) is 0.681. The van der Waals surface area contributed by atoms with Gasteiger partial charge in [0.05, 0.1) is 6.42 Å². The minimum atomic E-state index is -0.448. The molecule has 0 bridgehead atoms. The van der Waals surface area contributed by atoms with Crippen molar-refractivity contribution in [2.45, 2.75) is 20.3 Å². The summed E-state index contributed by atoms with van der Waals surface area (Å²) in [6, 6.07) is 0.0174. The van der Waals surface area contributed by atoms with E-state index >= 15 is 0 Å². The lowest BCUT2D eigenvalue weighted by Crippen LogP contribution is -2.14. The molecule has 0 fully saturated rings. The van der Waals surface area contributed by atoms with Gasteiger partial charge in [-0.2, -0.15) is 0 Å². The Kier molecular flexibility index (Phi) is 2.73. The molecule has 0 aromatic carbocycles. The van der Waals surface area contributed by atoms with E-state index in [1.54, 1.807) is 6.92 Å². The minimum absolute atomic E-state index is 0.0174. The highest BCUT2D eigenvalue weighted by atomic mass is 16.4. The average molecular weight is 183 g/mol. The van der Waals surface area contributed by atoms with Crippen molar-refractivity contribution in [3.63, 3.8) is 0 Å². The first-order chi connectivity index (χ1) is 6.08. The zero-order valence-electron chi connectivity index (χ0n) is 7.33. The van der Waals surface area contributed by atoms with Crippen LogP contribution >= 0.6 is 0 Å². The topological polar surface area (TPSA) is 85.1 Å². The summed E-state index contributed by atoms with van der Waals surface area (Å²) in [6.07, 6.45) is -0.179. The molecule has 70 valence electrons. The number of aromatic nitrogens is 2. The molecule has 0 saturated carbocycles. The first kappa shape index (κ1) is 9.37. The molecule has 0 spiro atoms. The third kappa shape index (κ3) is 3.02. The number of anilines is 1. The van der Waals surface area contributed by atoms with E-state index in [1.807, 2.05) is 0 Å². The largest absolute Gasteiger partial charge is 0.408 e. The number of carbonyl (C=O) groups is 2. The van der Waals surface area contributed by atoms with Gasteiger partial charge in [0.2, 0.25) is 11.8 Å². The Bertz CT molecular complexity index is 331. The van der Waals surface area contributed by atoms with Gasteiger partial charge in [-0.1, -0.05) is 5.10 Å². The van der Waals surface area contributed by atoms with E-state index in [1.165, 1.54) is 6.92 Å². The van der Waals surface area contributed by atoms with Crippen molar-refractivity contribution in [3.8, 4) is 0 Å². The molecule has 1 rings (SSSR count). The lowest BCUT2D eigenvalue weighted by atomic mass is 10.3. The minimum Gasteiger partial charge on any atom is -0.408 e. The van der Waals surface area contributed by atoms with Crippen LogP contribution in [0, 0.1) is 6.92 Å². The fourth-order valence-corrected chi connectivity index (χ4v) is 0.737. The second-order valence-electron chi connectivity index (χ2n) is 2.55. The third-order valence-electron chi connectivity index (χ3n) is 1.18. The fourth-order valence-electron chi connectivity index (χ4n) is 0.737. The van der Waals surface area contributed by atoms with E-state index in [9.17, 15) is 9.59 Å². The second kappa shape index (κ2) is 3.79. The Labute approximate surface area is 74.3 Å². The van der Waals surface area contributed by atoms with Crippen molar-refractivity contribution >= 4 is 17.7 Å². The van der Waals surface area contributed by atoms with Crippen LogP contribution in [-0.2, 0) is 9.59 Å². The first-order valence-corrected chi connectivity index (χ1v) is 3.67. The number of ketones is 1. The predicted molar refractivity (Wildman–Crippen MR) is 43.0 cm³/mol. The van der Waals surface area contributed by atoms with E-state index in [0.29, 0.717) is 5.89 Å². The van der Waals surface area contributed by atoms with Crippen molar-refractivity contribution in [2.24, 2.45) is 0 Å². The van der Waals surface area contributed by atoms with Crippen LogP contribution < -0.4 is 5.32 Å². The summed E-state index contributed by atoms with van der Waals surface area (Å²) >= 11 is 0. The van der Waals surface area contributed by atoms with Crippen LogP contribution in [0.3, 0.4) is 0 Å². The molecular weight excluding hydrogens is 174 g/mol. The fraction of sp³-hybridized carbons (Fsp3) is 0.429. The molecule has 0 aliphatic carbocycles. The van der Waals surface area contributed by atoms with Gasteiger partial charge in [-0.3, -0.25) is 14.9 Å². The van der Waals surface area contributed by atoms with Crippen LogP contribution in [0.15, 0.2) is 4.42 Å². The van der Waals surface area contributed by atoms with Crippen LogP contribution in [0.5, 0.6) is 0 Å². The number of Topliss-reactive ketones (excluding diaryl/α,β-unsaturated/α-hetero) is 1. The number of nitrogens with zero attached hydrogens (tertiary/aromatic N) is 2. The normalized spacial score (nSPS) is 9.69.